The summed E-state index contributed by atoms with van der Waals surface area (Å²) in [5, 5.41) is 2.04. The summed E-state index contributed by atoms with van der Waals surface area (Å²) in [5.74, 6) is 0.832. The van der Waals surface area contributed by atoms with Crippen LogP contribution in [-0.4, -0.2) is 11.7 Å². The molecule has 14 heavy (non-hydrogen) atoms. The maximum Gasteiger partial charge on any atom is 0.126 e. The third-order valence-corrected chi connectivity index (χ3v) is 2.71. The Morgan fingerprint density at radius 3 is 2.50 bits per heavy atom. The van der Waals surface area contributed by atoms with Crippen LogP contribution in [0.1, 0.15) is 0 Å². The predicted octanol–water partition coefficient (Wildman–Crippen LogP) is 3.41. The van der Waals surface area contributed by atoms with Gasteiger partial charge in [-0.25, -0.2) is 0 Å². The lowest BCUT2D eigenvalue weighted by Crippen LogP contribution is -1.85. The van der Waals surface area contributed by atoms with Gasteiger partial charge in [0.15, 0.2) is 0 Å². The first kappa shape index (κ1) is 9.37. The van der Waals surface area contributed by atoms with Crippen molar-refractivity contribution >= 4 is 22.8 Å². The maximum absolute atomic E-state index is 9.08. The molecule has 72 valence electrons. The lowest BCUT2D eigenvalue weighted by Gasteiger charge is -2.06. The second-order valence-electron chi connectivity index (χ2n) is 2.90. The van der Waals surface area contributed by atoms with E-state index < -0.39 is 0 Å². The molecule has 2 rings (SSSR count). The molecule has 0 aliphatic rings. The van der Waals surface area contributed by atoms with Gasteiger partial charge in [0.25, 0.3) is 0 Å². The molecule has 0 saturated carbocycles. The number of hydrogen-bond acceptors (Lipinski definition) is 3. The van der Waals surface area contributed by atoms with E-state index in [-0.39, 0.29) is 0 Å². The van der Waals surface area contributed by atoms with E-state index in [0.717, 1.165) is 33.5 Å². The fourth-order valence-corrected chi connectivity index (χ4v) is 1.93. The highest BCUT2D eigenvalue weighted by atomic mass is 32.2. The molecule has 0 radical (unpaired) electrons. The molecular weight excluding hydrogens is 196 g/mol. The Hall–Kier alpha value is -1.19. The van der Waals surface area contributed by atoms with Gasteiger partial charge in [0.2, 0.25) is 0 Å². The summed E-state index contributed by atoms with van der Waals surface area (Å²) in [6, 6.07) is 11.6. The lowest BCUT2D eigenvalue weighted by atomic mass is 10.1. The van der Waals surface area contributed by atoms with Gasteiger partial charge in [-0.1, -0.05) is 24.3 Å². The quantitative estimate of drug-likeness (QED) is 0.763. The van der Waals surface area contributed by atoms with Crippen LogP contribution in [-0.2, 0) is 0 Å². The van der Waals surface area contributed by atoms with Crippen molar-refractivity contribution in [2.75, 3.05) is 7.11 Å². The van der Waals surface area contributed by atoms with E-state index in [1.165, 1.54) is 0 Å². The zero-order valence-electron chi connectivity index (χ0n) is 7.73. The summed E-state index contributed by atoms with van der Waals surface area (Å²) < 4.78 is 14.3. The number of methoxy groups -OCH3 is 1. The van der Waals surface area contributed by atoms with Crippen molar-refractivity contribution in [1.82, 2.24) is 0 Å². The molecule has 0 spiro atoms. The zero-order valence-corrected chi connectivity index (χ0v) is 8.54. The van der Waals surface area contributed by atoms with Crippen LogP contribution in [0.2, 0.25) is 0 Å². The van der Waals surface area contributed by atoms with E-state index in [1.807, 2.05) is 36.4 Å². The molecule has 0 aliphatic heterocycles. The molecule has 0 unspecified atom stereocenters. The highest BCUT2D eigenvalue weighted by Gasteiger charge is 2.04. The normalized spacial score (nSPS) is 10.4. The second-order valence-corrected chi connectivity index (χ2v) is 3.53. The summed E-state index contributed by atoms with van der Waals surface area (Å²) in [5.41, 5.74) is 0. The van der Waals surface area contributed by atoms with Crippen molar-refractivity contribution < 1.29 is 9.29 Å². The van der Waals surface area contributed by atoms with Gasteiger partial charge in [-0.15, -0.1) is 0 Å². The fraction of sp³-hybridized carbons (Fsp3) is 0.0909. The van der Waals surface area contributed by atoms with Crippen molar-refractivity contribution in [2.24, 2.45) is 0 Å². The molecule has 2 aromatic rings. The molecule has 0 saturated heterocycles. The van der Waals surface area contributed by atoms with Crippen molar-refractivity contribution in [3.63, 3.8) is 0 Å². The zero-order chi connectivity index (χ0) is 9.97. The Bertz CT molecular complexity index is 411. The Labute approximate surface area is 86.7 Å². The van der Waals surface area contributed by atoms with Crippen molar-refractivity contribution in [3.05, 3.63) is 36.4 Å². The Kier molecular flexibility index (Phi) is 2.61. The van der Waals surface area contributed by atoms with Gasteiger partial charge in [0.1, 0.15) is 5.75 Å². The summed E-state index contributed by atoms with van der Waals surface area (Å²) in [7, 11) is 1.65. The third kappa shape index (κ3) is 1.45. The van der Waals surface area contributed by atoms with Crippen LogP contribution in [0.25, 0.3) is 10.8 Å². The minimum absolute atomic E-state index is 0.762. The maximum atomic E-state index is 9.08. The average molecular weight is 206 g/mol. The van der Waals surface area contributed by atoms with Crippen LogP contribution >= 0.6 is 12.0 Å². The Morgan fingerprint density at radius 2 is 1.79 bits per heavy atom. The first-order valence-electron chi connectivity index (χ1n) is 4.24. The van der Waals surface area contributed by atoms with Crippen LogP contribution in [0.4, 0.5) is 0 Å². The molecular formula is C11H10O2S. The first-order chi connectivity index (χ1) is 6.86. The summed E-state index contributed by atoms with van der Waals surface area (Å²) in [4.78, 5) is 0.849. The third-order valence-electron chi connectivity index (χ3n) is 2.16. The molecule has 0 amide bonds. The molecule has 1 N–H and O–H groups in total. The molecule has 0 aromatic heterocycles. The van der Waals surface area contributed by atoms with Crippen LogP contribution < -0.4 is 4.74 Å². The average Bonchev–Trinajstić information content (AvgIpc) is 2.27. The molecule has 0 fully saturated rings. The standard InChI is InChI=1S/C11H10O2S/c1-13-10-6-2-5-9-8(10)4-3-7-11(9)14-12/h2-7,12H,1H3. The van der Waals surface area contributed by atoms with Gasteiger partial charge in [-0.3, -0.25) is 0 Å². The number of benzene rings is 2. The predicted molar refractivity (Wildman–Crippen MR) is 59.0 cm³/mol. The van der Waals surface area contributed by atoms with E-state index >= 15 is 0 Å². The van der Waals surface area contributed by atoms with Crippen molar-refractivity contribution in [2.45, 2.75) is 4.90 Å². The number of ether oxygens (including phenoxy) is 1. The van der Waals surface area contributed by atoms with E-state index in [9.17, 15) is 0 Å². The van der Waals surface area contributed by atoms with E-state index in [0.29, 0.717) is 0 Å². The van der Waals surface area contributed by atoms with Crippen LogP contribution in [0.3, 0.4) is 0 Å². The Morgan fingerprint density at radius 1 is 1.07 bits per heavy atom. The monoisotopic (exact) mass is 206 g/mol. The second kappa shape index (κ2) is 3.90. The Balaban J connectivity index is 2.77. The van der Waals surface area contributed by atoms with Gasteiger partial charge in [0, 0.05) is 27.7 Å². The molecule has 2 nitrogen and oxygen atoms in total. The largest absolute Gasteiger partial charge is 0.496 e. The van der Waals surface area contributed by atoms with E-state index in [4.69, 9.17) is 9.29 Å². The van der Waals surface area contributed by atoms with Crippen LogP contribution in [0.15, 0.2) is 41.3 Å². The molecule has 3 heteroatoms. The highest BCUT2D eigenvalue weighted by molar-refractivity contribution is 7.94. The van der Waals surface area contributed by atoms with E-state index in [2.05, 4.69) is 0 Å². The van der Waals surface area contributed by atoms with Gasteiger partial charge in [-0.2, -0.15) is 0 Å². The number of hydrogen-bond donors (Lipinski definition) is 1. The minimum Gasteiger partial charge on any atom is -0.496 e. The van der Waals surface area contributed by atoms with Gasteiger partial charge >= 0.3 is 0 Å². The summed E-state index contributed by atoms with van der Waals surface area (Å²) in [6.45, 7) is 0. The number of fused-ring (bicyclic) bond motifs is 1. The number of rotatable bonds is 2. The lowest BCUT2D eigenvalue weighted by molar-refractivity contribution is 0.420. The van der Waals surface area contributed by atoms with Gasteiger partial charge < -0.3 is 9.29 Å². The topological polar surface area (TPSA) is 29.5 Å². The summed E-state index contributed by atoms with van der Waals surface area (Å²) >= 11 is 0.762. The van der Waals surface area contributed by atoms with Gasteiger partial charge in [0.05, 0.1) is 7.11 Å². The van der Waals surface area contributed by atoms with E-state index in [1.54, 1.807) is 7.11 Å². The summed E-state index contributed by atoms with van der Waals surface area (Å²) in [6.07, 6.45) is 0. The van der Waals surface area contributed by atoms with Crippen LogP contribution in [0, 0.1) is 0 Å². The van der Waals surface area contributed by atoms with Gasteiger partial charge in [-0.05, 0) is 12.1 Å². The SMILES string of the molecule is COc1cccc2c(SO)cccc12. The molecule has 0 bridgehead atoms. The molecule has 0 aliphatic carbocycles. The molecule has 0 heterocycles. The molecule has 0 atom stereocenters. The van der Waals surface area contributed by atoms with Crippen LogP contribution in [0.5, 0.6) is 5.75 Å². The van der Waals surface area contributed by atoms with Crippen molar-refractivity contribution in [3.8, 4) is 5.75 Å². The fourth-order valence-electron chi connectivity index (χ4n) is 1.51. The first-order valence-corrected chi connectivity index (χ1v) is 5.01. The molecule has 2 aromatic carbocycles. The minimum atomic E-state index is 0.762. The smallest absolute Gasteiger partial charge is 0.126 e. The van der Waals surface area contributed by atoms with Crippen molar-refractivity contribution in [1.29, 1.82) is 0 Å². The highest BCUT2D eigenvalue weighted by Crippen LogP contribution is 2.31.